The number of carbonyl (C=O) groups excluding carboxylic acids is 1. The number of rotatable bonds is 3. The molecule has 0 bridgehead atoms. The molecule has 1 aromatic rings. The molecule has 0 atom stereocenters. The molecule has 3 nitrogen and oxygen atoms in total. The zero-order chi connectivity index (χ0) is 10.6. The van der Waals surface area contributed by atoms with E-state index in [1.165, 1.54) is 0 Å². The largest absolute Gasteiger partial charge is 0.466 e. The van der Waals surface area contributed by atoms with Crippen LogP contribution in [0, 0.1) is 6.92 Å². The number of esters is 1. The van der Waals surface area contributed by atoms with Gasteiger partial charge in [-0.2, -0.15) is 0 Å². The van der Waals surface area contributed by atoms with Crippen molar-refractivity contribution in [2.45, 2.75) is 20.3 Å². The summed E-state index contributed by atoms with van der Waals surface area (Å²) >= 11 is 3.36. The van der Waals surface area contributed by atoms with Crippen LogP contribution in [0.3, 0.4) is 0 Å². The number of nitrogens with zero attached hydrogens (tertiary/aromatic N) is 1. The van der Waals surface area contributed by atoms with Crippen molar-refractivity contribution in [1.82, 2.24) is 4.98 Å². The van der Waals surface area contributed by atoms with Crippen LogP contribution in [0.5, 0.6) is 0 Å². The average Bonchev–Trinajstić information content (AvgIpc) is 2.10. The number of hydrogen-bond acceptors (Lipinski definition) is 3. The summed E-state index contributed by atoms with van der Waals surface area (Å²) in [6.07, 6.45) is 1.95. The Hall–Kier alpha value is -0.900. The number of halogens is 1. The standard InChI is InChI=1S/C10H12BrNO2/c1-3-14-10(13)5-9-8(11)4-7(2)6-12-9/h4,6H,3,5H2,1-2H3. The van der Waals surface area contributed by atoms with Gasteiger partial charge in [0.1, 0.15) is 0 Å². The van der Waals surface area contributed by atoms with Gasteiger partial charge in [-0.05, 0) is 41.4 Å². The van der Waals surface area contributed by atoms with Gasteiger partial charge in [0.2, 0.25) is 0 Å². The molecule has 0 radical (unpaired) electrons. The number of carbonyl (C=O) groups is 1. The smallest absolute Gasteiger partial charge is 0.311 e. The first kappa shape index (κ1) is 11.2. The van der Waals surface area contributed by atoms with Gasteiger partial charge in [-0.1, -0.05) is 0 Å². The maximum atomic E-state index is 11.2. The summed E-state index contributed by atoms with van der Waals surface area (Å²) in [5.41, 5.74) is 1.78. The van der Waals surface area contributed by atoms with E-state index in [0.29, 0.717) is 12.3 Å². The number of pyridine rings is 1. The summed E-state index contributed by atoms with van der Waals surface area (Å²) in [5, 5.41) is 0. The van der Waals surface area contributed by atoms with E-state index in [1.807, 2.05) is 13.0 Å². The fourth-order valence-electron chi connectivity index (χ4n) is 1.04. The molecule has 4 heteroatoms. The van der Waals surface area contributed by atoms with E-state index in [-0.39, 0.29) is 12.4 Å². The SMILES string of the molecule is CCOC(=O)Cc1ncc(C)cc1Br. The highest BCUT2D eigenvalue weighted by Gasteiger charge is 2.08. The Morgan fingerprint density at radius 1 is 1.64 bits per heavy atom. The molecular weight excluding hydrogens is 246 g/mol. The maximum absolute atomic E-state index is 11.2. The van der Waals surface area contributed by atoms with Crippen LogP contribution in [0.25, 0.3) is 0 Å². The molecule has 0 saturated carbocycles. The summed E-state index contributed by atoms with van der Waals surface area (Å²) in [4.78, 5) is 15.3. The second-order valence-electron chi connectivity index (χ2n) is 2.92. The van der Waals surface area contributed by atoms with Crippen molar-refractivity contribution in [3.05, 3.63) is 28.0 Å². The summed E-state index contributed by atoms with van der Waals surface area (Å²) in [6, 6.07) is 1.93. The quantitative estimate of drug-likeness (QED) is 0.780. The molecule has 0 aromatic carbocycles. The normalized spacial score (nSPS) is 9.93. The third kappa shape index (κ3) is 3.10. The van der Waals surface area contributed by atoms with Crippen LogP contribution in [-0.4, -0.2) is 17.6 Å². The highest BCUT2D eigenvalue weighted by molar-refractivity contribution is 9.10. The van der Waals surface area contributed by atoms with Crippen LogP contribution >= 0.6 is 15.9 Å². The first-order valence-electron chi connectivity index (χ1n) is 4.40. The molecule has 0 saturated heterocycles. The molecule has 14 heavy (non-hydrogen) atoms. The predicted molar refractivity (Wildman–Crippen MR) is 57.0 cm³/mol. The van der Waals surface area contributed by atoms with Crippen LogP contribution < -0.4 is 0 Å². The van der Waals surface area contributed by atoms with Crippen molar-refractivity contribution in [1.29, 1.82) is 0 Å². The number of hydrogen-bond donors (Lipinski definition) is 0. The van der Waals surface area contributed by atoms with Gasteiger partial charge < -0.3 is 4.74 Å². The van der Waals surface area contributed by atoms with E-state index in [4.69, 9.17) is 4.74 Å². The third-order valence-electron chi connectivity index (χ3n) is 1.67. The average molecular weight is 258 g/mol. The van der Waals surface area contributed by atoms with Crippen molar-refractivity contribution >= 4 is 21.9 Å². The van der Waals surface area contributed by atoms with Gasteiger partial charge in [-0.3, -0.25) is 9.78 Å². The number of ether oxygens (including phenoxy) is 1. The van der Waals surface area contributed by atoms with Crippen molar-refractivity contribution in [2.24, 2.45) is 0 Å². The highest BCUT2D eigenvalue weighted by Crippen LogP contribution is 2.16. The minimum absolute atomic E-state index is 0.217. The van der Waals surface area contributed by atoms with Gasteiger partial charge in [-0.15, -0.1) is 0 Å². The molecule has 1 aromatic heterocycles. The maximum Gasteiger partial charge on any atom is 0.311 e. The van der Waals surface area contributed by atoms with Crippen LogP contribution in [0.4, 0.5) is 0 Å². The van der Waals surface area contributed by atoms with Gasteiger partial charge in [-0.25, -0.2) is 0 Å². The topological polar surface area (TPSA) is 39.2 Å². The summed E-state index contributed by atoms with van der Waals surface area (Å²) < 4.78 is 5.68. The lowest BCUT2D eigenvalue weighted by Gasteiger charge is -2.04. The van der Waals surface area contributed by atoms with Crippen molar-refractivity contribution in [3.8, 4) is 0 Å². The summed E-state index contributed by atoms with van der Waals surface area (Å²) in [6.45, 7) is 4.14. The Balaban J connectivity index is 2.72. The van der Waals surface area contributed by atoms with Gasteiger partial charge in [0.05, 0.1) is 18.7 Å². The van der Waals surface area contributed by atoms with Crippen LogP contribution in [0.2, 0.25) is 0 Å². The van der Waals surface area contributed by atoms with Gasteiger partial charge in [0.25, 0.3) is 0 Å². The lowest BCUT2D eigenvalue weighted by molar-refractivity contribution is -0.142. The minimum atomic E-state index is -0.246. The molecule has 76 valence electrons. The zero-order valence-corrected chi connectivity index (χ0v) is 9.80. The molecule has 0 aliphatic heterocycles. The Bertz CT molecular complexity index is 339. The first-order valence-corrected chi connectivity index (χ1v) is 5.19. The van der Waals surface area contributed by atoms with E-state index in [2.05, 4.69) is 20.9 Å². The van der Waals surface area contributed by atoms with Crippen LogP contribution in [-0.2, 0) is 16.0 Å². The van der Waals surface area contributed by atoms with Gasteiger partial charge in [0.15, 0.2) is 0 Å². The highest BCUT2D eigenvalue weighted by atomic mass is 79.9. The molecule has 0 spiro atoms. The lowest BCUT2D eigenvalue weighted by atomic mass is 10.2. The Labute approximate surface area is 91.6 Å². The second kappa shape index (κ2) is 5.10. The van der Waals surface area contributed by atoms with Crippen molar-refractivity contribution in [3.63, 3.8) is 0 Å². The first-order chi connectivity index (χ1) is 6.63. The van der Waals surface area contributed by atoms with Gasteiger partial charge in [0, 0.05) is 10.7 Å². The molecule has 0 fully saturated rings. The molecular formula is C10H12BrNO2. The fourth-order valence-corrected chi connectivity index (χ4v) is 1.64. The van der Waals surface area contributed by atoms with Crippen LogP contribution in [0.1, 0.15) is 18.2 Å². The van der Waals surface area contributed by atoms with E-state index < -0.39 is 0 Å². The predicted octanol–water partition coefficient (Wildman–Crippen LogP) is 2.26. The second-order valence-corrected chi connectivity index (χ2v) is 3.78. The molecule has 0 aliphatic carbocycles. The Kier molecular flexibility index (Phi) is 4.07. The summed E-state index contributed by atoms with van der Waals surface area (Å²) in [7, 11) is 0. The van der Waals surface area contributed by atoms with Gasteiger partial charge >= 0.3 is 5.97 Å². The van der Waals surface area contributed by atoms with E-state index in [0.717, 1.165) is 10.0 Å². The monoisotopic (exact) mass is 257 g/mol. The van der Waals surface area contributed by atoms with E-state index >= 15 is 0 Å². The molecule has 1 rings (SSSR count). The molecule has 1 heterocycles. The molecule has 0 N–H and O–H groups in total. The van der Waals surface area contributed by atoms with E-state index in [1.54, 1.807) is 13.1 Å². The van der Waals surface area contributed by atoms with Crippen molar-refractivity contribution < 1.29 is 9.53 Å². The van der Waals surface area contributed by atoms with Crippen LogP contribution in [0.15, 0.2) is 16.7 Å². The fraction of sp³-hybridized carbons (Fsp3) is 0.400. The van der Waals surface area contributed by atoms with E-state index in [9.17, 15) is 4.79 Å². The number of aromatic nitrogens is 1. The summed E-state index contributed by atoms with van der Waals surface area (Å²) in [5.74, 6) is -0.246. The number of aryl methyl sites for hydroxylation is 1. The molecule has 0 amide bonds. The Morgan fingerprint density at radius 2 is 2.36 bits per heavy atom. The molecule has 0 aliphatic rings. The zero-order valence-electron chi connectivity index (χ0n) is 8.21. The van der Waals surface area contributed by atoms with Crippen molar-refractivity contribution in [2.75, 3.05) is 6.61 Å². The molecule has 0 unspecified atom stereocenters. The minimum Gasteiger partial charge on any atom is -0.466 e. The lowest BCUT2D eigenvalue weighted by Crippen LogP contribution is -2.09. The third-order valence-corrected chi connectivity index (χ3v) is 2.36. The Morgan fingerprint density at radius 3 is 2.93 bits per heavy atom.